The van der Waals surface area contributed by atoms with Crippen molar-refractivity contribution in [3.8, 4) is 0 Å². The van der Waals surface area contributed by atoms with Crippen molar-refractivity contribution in [1.29, 1.82) is 0 Å². The predicted molar refractivity (Wildman–Crippen MR) is 86.4 cm³/mol. The topological polar surface area (TPSA) is 32.5 Å². The Hall–Kier alpha value is -2.23. The Morgan fingerprint density at radius 1 is 0.905 bits per heavy atom. The fraction of sp³-hybridized carbons (Fsp3) is 0.294. The molecule has 1 fully saturated rings. The molecule has 0 spiro atoms. The third-order valence-corrected chi connectivity index (χ3v) is 4.03. The highest BCUT2D eigenvalue weighted by molar-refractivity contribution is 5.60. The van der Waals surface area contributed by atoms with E-state index in [0.29, 0.717) is 0 Å². The standard InChI is InChI=1S/C17H20FN3/c1-13-12-15(19)4-7-17(13)21-10-8-20(9-11-21)16-5-2-14(18)3-6-16/h2-7,12H,8-11,19H2,1H3. The summed E-state index contributed by atoms with van der Waals surface area (Å²) in [5.74, 6) is -0.185. The first-order chi connectivity index (χ1) is 10.1. The van der Waals surface area contributed by atoms with E-state index in [1.54, 1.807) is 0 Å². The Morgan fingerprint density at radius 2 is 1.52 bits per heavy atom. The van der Waals surface area contributed by atoms with Crippen LogP contribution in [0.25, 0.3) is 0 Å². The van der Waals surface area contributed by atoms with Gasteiger partial charge in [0, 0.05) is 43.2 Å². The molecule has 2 aromatic rings. The number of piperazine rings is 1. The van der Waals surface area contributed by atoms with Crippen molar-refractivity contribution in [2.24, 2.45) is 0 Å². The Labute approximate surface area is 124 Å². The van der Waals surface area contributed by atoms with Crippen molar-refractivity contribution in [2.45, 2.75) is 6.92 Å². The number of halogens is 1. The molecule has 1 saturated heterocycles. The molecule has 0 aliphatic carbocycles. The highest BCUT2D eigenvalue weighted by atomic mass is 19.1. The number of nitrogens with zero attached hydrogens (tertiary/aromatic N) is 2. The second kappa shape index (κ2) is 5.64. The summed E-state index contributed by atoms with van der Waals surface area (Å²) < 4.78 is 13.0. The first-order valence-electron chi connectivity index (χ1n) is 7.25. The number of rotatable bonds is 2. The van der Waals surface area contributed by atoms with Crippen LogP contribution in [-0.4, -0.2) is 26.2 Å². The summed E-state index contributed by atoms with van der Waals surface area (Å²) in [5.41, 5.74) is 10.2. The summed E-state index contributed by atoms with van der Waals surface area (Å²) in [5, 5.41) is 0. The van der Waals surface area contributed by atoms with E-state index in [-0.39, 0.29) is 5.82 Å². The first kappa shape index (κ1) is 13.7. The summed E-state index contributed by atoms with van der Waals surface area (Å²) in [4.78, 5) is 4.68. The van der Waals surface area contributed by atoms with Gasteiger partial charge in [0.1, 0.15) is 5.82 Å². The van der Waals surface area contributed by atoms with Gasteiger partial charge in [-0.05, 0) is 55.0 Å². The lowest BCUT2D eigenvalue weighted by molar-refractivity contribution is 0.624. The Balaban J connectivity index is 1.68. The second-order valence-electron chi connectivity index (χ2n) is 5.50. The smallest absolute Gasteiger partial charge is 0.123 e. The molecular formula is C17H20FN3. The van der Waals surface area contributed by atoms with E-state index in [1.807, 2.05) is 24.3 Å². The highest BCUT2D eigenvalue weighted by Gasteiger charge is 2.18. The van der Waals surface area contributed by atoms with Crippen LogP contribution in [0.5, 0.6) is 0 Å². The normalized spacial score (nSPS) is 15.3. The van der Waals surface area contributed by atoms with Crippen molar-refractivity contribution >= 4 is 17.1 Å². The first-order valence-corrected chi connectivity index (χ1v) is 7.25. The van der Waals surface area contributed by atoms with Crippen LogP contribution >= 0.6 is 0 Å². The lowest BCUT2D eigenvalue weighted by Gasteiger charge is -2.38. The van der Waals surface area contributed by atoms with Crippen molar-refractivity contribution in [3.63, 3.8) is 0 Å². The number of nitrogen functional groups attached to an aromatic ring is 1. The van der Waals surface area contributed by atoms with Crippen molar-refractivity contribution in [3.05, 3.63) is 53.8 Å². The molecule has 0 unspecified atom stereocenters. The Morgan fingerprint density at radius 3 is 2.14 bits per heavy atom. The SMILES string of the molecule is Cc1cc(N)ccc1N1CCN(c2ccc(F)cc2)CC1. The zero-order valence-electron chi connectivity index (χ0n) is 12.2. The zero-order chi connectivity index (χ0) is 14.8. The largest absolute Gasteiger partial charge is 0.399 e. The molecule has 2 N–H and O–H groups in total. The van der Waals surface area contributed by atoms with Crippen molar-refractivity contribution < 1.29 is 4.39 Å². The summed E-state index contributed by atoms with van der Waals surface area (Å²) in [6.45, 7) is 5.90. The third kappa shape index (κ3) is 2.94. The van der Waals surface area contributed by atoms with Crippen LogP contribution in [0.1, 0.15) is 5.56 Å². The molecule has 1 aliphatic heterocycles. The molecule has 1 aliphatic rings. The maximum Gasteiger partial charge on any atom is 0.123 e. The van der Waals surface area contributed by atoms with Gasteiger partial charge in [0.25, 0.3) is 0 Å². The highest BCUT2D eigenvalue weighted by Crippen LogP contribution is 2.25. The molecule has 21 heavy (non-hydrogen) atoms. The van der Waals surface area contributed by atoms with Gasteiger partial charge in [-0.15, -0.1) is 0 Å². The molecular weight excluding hydrogens is 265 g/mol. The fourth-order valence-corrected chi connectivity index (χ4v) is 2.89. The minimum Gasteiger partial charge on any atom is -0.399 e. The number of anilines is 3. The number of nitrogens with two attached hydrogens (primary N) is 1. The molecule has 110 valence electrons. The second-order valence-corrected chi connectivity index (χ2v) is 5.50. The van der Waals surface area contributed by atoms with Crippen LogP contribution in [0.3, 0.4) is 0 Å². The maximum atomic E-state index is 13.0. The lowest BCUT2D eigenvalue weighted by Crippen LogP contribution is -2.46. The van der Waals surface area contributed by atoms with Gasteiger partial charge in [0.2, 0.25) is 0 Å². The molecule has 0 saturated carbocycles. The Bertz CT molecular complexity index is 616. The minimum atomic E-state index is -0.185. The summed E-state index contributed by atoms with van der Waals surface area (Å²) in [6.07, 6.45) is 0. The van der Waals surface area contributed by atoms with Gasteiger partial charge in [-0.3, -0.25) is 0 Å². The van der Waals surface area contributed by atoms with Gasteiger partial charge in [0.05, 0.1) is 0 Å². The molecule has 0 amide bonds. The van der Waals surface area contributed by atoms with Gasteiger partial charge < -0.3 is 15.5 Å². The molecule has 0 bridgehead atoms. The summed E-state index contributed by atoms with van der Waals surface area (Å²) in [7, 11) is 0. The van der Waals surface area contributed by atoms with Gasteiger partial charge in [-0.25, -0.2) is 4.39 Å². The molecule has 1 heterocycles. The maximum absolute atomic E-state index is 13.0. The van der Waals surface area contributed by atoms with Crippen molar-refractivity contribution in [2.75, 3.05) is 41.7 Å². The number of benzene rings is 2. The molecule has 3 nitrogen and oxygen atoms in total. The quantitative estimate of drug-likeness (QED) is 0.861. The van der Waals surface area contributed by atoms with Crippen LogP contribution in [0.15, 0.2) is 42.5 Å². The average molecular weight is 285 g/mol. The van der Waals surface area contributed by atoms with Gasteiger partial charge in [-0.1, -0.05) is 0 Å². The number of hydrogen-bond acceptors (Lipinski definition) is 3. The van der Waals surface area contributed by atoms with Crippen molar-refractivity contribution in [1.82, 2.24) is 0 Å². The number of aryl methyl sites for hydroxylation is 1. The van der Waals surface area contributed by atoms with E-state index >= 15 is 0 Å². The molecule has 0 atom stereocenters. The van der Waals surface area contributed by atoms with Crippen LogP contribution < -0.4 is 15.5 Å². The third-order valence-electron chi connectivity index (χ3n) is 4.03. The average Bonchev–Trinajstić information content (AvgIpc) is 2.48. The van der Waals surface area contributed by atoms with Gasteiger partial charge >= 0.3 is 0 Å². The van der Waals surface area contributed by atoms with Gasteiger partial charge in [-0.2, -0.15) is 0 Å². The van der Waals surface area contributed by atoms with E-state index in [2.05, 4.69) is 22.8 Å². The predicted octanol–water partition coefficient (Wildman–Crippen LogP) is 3.04. The molecule has 0 aromatic heterocycles. The monoisotopic (exact) mass is 285 g/mol. The van der Waals surface area contributed by atoms with Crippen LogP contribution in [0.4, 0.5) is 21.5 Å². The van der Waals surface area contributed by atoms with Crippen LogP contribution in [0, 0.1) is 12.7 Å². The molecule has 4 heteroatoms. The zero-order valence-corrected chi connectivity index (χ0v) is 12.2. The van der Waals surface area contributed by atoms with E-state index in [0.717, 1.165) is 37.6 Å². The summed E-state index contributed by atoms with van der Waals surface area (Å²) in [6, 6.07) is 12.8. The van der Waals surface area contributed by atoms with Gasteiger partial charge in [0.15, 0.2) is 0 Å². The van der Waals surface area contributed by atoms with E-state index in [9.17, 15) is 4.39 Å². The molecule has 3 rings (SSSR count). The Kier molecular flexibility index (Phi) is 3.69. The van der Waals surface area contributed by atoms with E-state index in [1.165, 1.54) is 23.4 Å². The fourth-order valence-electron chi connectivity index (χ4n) is 2.89. The lowest BCUT2D eigenvalue weighted by atomic mass is 10.1. The van der Waals surface area contributed by atoms with Crippen LogP contribution in [-0.2, 0) is 0 Å². The minimum absolute atomic E-state index is 0.185. The molecule has 0 radical (unpaired) electrons. The number of hydrogen-bond donors (Lipinski definition) is 1. The molecule has 2 aromatic carbocycles. The van der Waals surface area contributed by atoms with Crippen LogP contribution in [0.2, 0.25) is 0 Å². The summed E-state index contributed by atoms with van der Waals surface area (Å²) >= 11 is 0. The van der Waals surface area contributed by atoms with E-state index < -0.39 is 0 Å². The van der Waals surface area contributed by atoms with E-state index in [4.69, 9.17) is 5.73 Å².